The van der Waals surface area contributed by atoms with Crippen LogP contribution in [-0.4, -0.2) is 33.7 Å². The molecule has 0 aliphatic carbocycles. The van der Waals surface area contributed by atoms with E-state index in [1.807, 2.05) is 35.4 Å². The van der Waals surface area contributed by atoms with Crippen LogP contribution in [0.15, 0.2) is 57.9 Å². The fourth-order valence-corrected chi connectivity index (χ4v) is 3.99. The maximum atomic E-state index is 12.5. The number of likely N-dealkylation sites (tertiary alicyclic amines) is 1. The minimum atomic E-state index is -0.0517. The highest BCUT2D eigenvalue weighted by atomic mass is 32.2. The van der Waals surface area contributed by atoms with Crippen molar-refractivity contribution in [2.24, 2.45) is 0 Å². The Labute approximate surface area is 175 Å². The van der Waals surface area contributed by atoms with E-state index in [2.05, 4.69) is 48.3 Å². The number of rotatable bonds is 6. The summed E-state index contributed by atoms with van der Waals surface area (Å²) in [5.41, 5.74) is 3.37. The number of benzene rings is 2. The van der Waals surface area contributed by atoms with Crippen molar-refractivity contribution in [3.63, 3.8) is 0 Å². The molecule has 4 rings (SSSR count). The second kappa shape index (κ2) is 8.41. The zero-order valence-corrected chi connectivity index (χ0v) is 17.8. The number of carbonyl (C=O) groups excluding carboxylic acids is 1. The number of amides is 1. The molecule has 1 aliphatic rings. The molecule has 1 saturated heterocycles. The number of thioether (sulfide) groups is 1. The van der Waals surface area contributed by atoms with Crippen LogP contribution in [0.25, 0.3) is 11.4 Å². The standard InChI is InChI=1S/C23H25N3O2S/c1-15(2)17-6-4-16(5-7-17)13-26-14-19(12-21(26)27)23-24-22(25-28-23)18-8-10-20(29-3)11-9-18/h4-11,15,19H,12-14H2,1-3H3. The van der Waals surface area contributed by atoms with Crippen molar-refractivity contribution in [3.05, 3.63) is 65.5 Å². The van der Waals surface area contributed by atoms with Crippen LogP contribution in [0.4, 0.5) is 0 Å². The fraction of sp³-hybridized carbons (Fsp3) is 0.348. The summed E-state index contributed by atoms with van der Waals surface area (Å²) in [7, 11) is 0. The molecule has 29 heavy (non-hydrogen) atoms. The molecule has 0 N–H and O–H groups in total. The molecular formula is C23H25N3O2S. The van der Waals surface area contributed by atoms with Crippen LogP contribution in [0.1, 0.15) is 49.1 Å². The van der Waals surface area contributed by atoms with Gasteiger partial charge in [-0.3, -0.25) is 4.79 Å². The molecule has 0 bridgehead atoms. The van der Waals surface area contributed by atoms with Crippen molar-refractivity contribution >= 4 is 17.7 Å². The van der Waals surface area contributed by atoms with Crippen LogP contribution in [0.5, 0.6) is 0 Å². The van der Waals surface area contributed by atoms with Crippen molar-refractivity contribution in [2.45, 2.75) is 43.5 Å². The van der Waals surface area contributed by atoms with Crippen molar-refractivity contribution in [1.29, 1.82) is 0 Å². The predicted octanol–water partition coefficient (Wildman–Crippen LogP) is 5.10. The Kier molecular flexibility index (Phi) is 5.72. The predicted molar refractivity (Wildman–Crippen MR) is 115 cm³/mol. The SMILES string of the molecule is CSc1ccc(-c2noc(C3CC(=O)N(Cc4ccc(C(C)C)cc4)C3)n2)cc1. The van der Waals surface area contributed by atoms with Gasteiger partial charge >= 0.3 is 0 Å². The largest absolute Gasteiger partial charge is 0.339 e. The summed E-state index contributed by atoms with van der Waals surface area (Å²) in [5.74, 6) is 1.70. The zero-order chi connectivity index (χ0) is 20.4. The summed E-state index contributed by atoms with van der Waals surface area (Å²) < 4.78 is 5.50. The van der Waals surface area contributed by atoms with Gasteiger partial charge in [0, 0.05) is 30.0 Å². The van der Waals surface area contributed by atoms with Gasteiger partial charge < -0.3 is 9.42 Å². The molecule has 2 aromatic carbocycles. The summed E-state index contributed by atoms with van der Waals surface area (Å²) in [4.78, 5) is 20.2. The molecule has 0 radical (unpaired) electrons. The first-order valence-electron chi connectivity index (χ1n) is 9.88. The van der Waals surface area contributed by atoms with Gasteiger partial charge in [0.05, 0.1) is 5.92 Å². The minimum Gasteiger partial charge on any atom is -0.339 e. The number of aromatic nitrogens is 2. The third-order valence-corrected chi connectivity index (χ3v) is 6.12. The van der Waals surface area contributed by atoms with E-state index in [0.717, 1.165) is 11.1 Å². The second-order valence-electron chi connectivity index (χ2n) is 7.76. The average molecular weight is 408 g/mol. The minimum absolute atomic E-state index is 0.0517. The van der Waals surface area contributed by atoms with E-state index in [0.29, 0.717) is 37.1 Å². The van der Waals surface area contributed by atoms with Crippen LogP contribution in [0.3, 0.4) is 0 Å². The summed E-state index contributed by atoms with van der Waals surface area (Å²) in [6, 6.07) is 16.6. The van der Waals surface area contributed by atoms with E-state index < -0.39 is 0 Å². The van der Waals surface area contributed by atoms with Crippen LogP contribution in [0.2, 0.25) is 0 Å². The van der Waals surface area contributed by atoms with Crippen LogP contribution in [-0.2, 0) is 11.3 Å². The lowest BCUT2D eigenvalue weighted by Gasteiger charge is -2.16. The number of hydrogen-bond donors (Lipinski definition) is 0. The topological polar surface area (TPSA) is 59.2 Å². The van der Waals surface area contributed by atoms with Gasteiger partial charge in [0.2, 0.25) is 17.6 Å². The molecule has 0 saturated carbocycles. The second-order valence-corrected chi connectivity index (χ2v) is 8.64. The van der Waals surface area contributed by atoms with E-state index in [1.165, 1.54) is 10.5 Å². The van der Waals surface area contributed by atoms with Gasteiger partial charge in [-0.1, -0.05) is 43.3 Å². The number of nitrogens with zero attached hydrogens (tertiary/aromatic N) is 3. The molecule has 0 spiro atoms. The van der Waals surface area contributed by atoms with E-state index in [9.17, 15) is 4.79 Å². The summed E-state index contributed by atoms with van der Waals surface area (Å²) in [5, 5.41) is 4.12. The Morgan fingerprint density at radius 3 is 2.52 bits per heavy atom. The van der Waals surface area contributed by atoms with Gasteiger partial charge in [-0.2, -0.15) is 4.98 Å². The first-order chi connectivity index (χ1) is 14.0. The lowest BCUT2D eigenvalue weighted by Crippen LogP contribution is -2.24. The van der Waals surface area contributed by atoms with E-state index in [4.69, 9.17) is 4.52 Å². The van der Waals surface area contributed by atoms with Crippen LogP contribution in [0, 0.1) is 0 Å². The van der Waals surface area contributed by atoms with Crippen LogP contribution < -0.4 is 0 Å². The molecule has 150 valence electrons. The van der Waals surface area contributed by atoms with Crippen molar-refractivity contribution in [3.8, 4) is 11.4 Å². The normalized spacial score (nSPS) is 16.8. The van der Waals surface area contributed by atoms with Gasteiger partial charge in [0.15, 0.2) is 0 Å². The Morgan fingerprint density at radius 2 is 1.86 bits per heavy atom. The highest BCUT2D eigenvalue weighted by Crippen LogP contribution is 2.30. The third kappa shape index (κ3) is 4.37. The first kappa shape index (κ1) is 19.7. The summed E-state index contributed by atoms with van der Waals surface area (Å²) in [6.07, 6.45) is 2.46. The van der Waals surface area contributed by atoms with Gasteiger partial charge in [-0.15, -0.1) is 11.8 Å². The van der Waals surface area contributed by atoms with E-state index >= 15 is 0 Å². The summed E-state index contributed by atoms with van der Waals surface area (Å²) in [6.45, 7) is 5.58. The molecule has 1 fully saturated rings. The maximum Gasteiger partial charge on any atom is 0.232 e. The Hall–Kier alpha value is -2.60. The van der Waals surface area contributed by atoms with Crippen molar-refractivity contribution < 1.29 is 9.32 Å². The summed E-state index contributed by atoms with van der Waals surface area (Å²) >= 11 is 1.69. The molecular weight excluding hydrogens is 382 g/mol. The van der Waals surface area contributed by atoms with E-state index in [-0.39, 0.29) is 11.8 Å². The quantitative estimate of drug-likeness (QED) is 0.532. The fourth-order valence-electron chi connectivity index (χ4n) is 3.58. The molecule has 6 heteroatoms. The molecule has 1 atom stereocenters. The van der Waals surface area contributed by atoms with Gasteiger partial charge in [-0.25, -0.2) is 0 Å². The molecule has 3 aromatic rings. The molecule has 1 aromatic heterocycles. The number of carbonyl (C=O) groups is 1. The van der Waals surface area contributed by atoms with Gasteiger partial charge in [0.25, 0.3) is 0 Å². The monoisotopic (exact) mass is 407 g/mol. The lowest BCUT2D eigenvalue weighted by molar-refractivity contribution is -0.128. The smallest absolute Gasteiger partial charge is 0.232 e. The Morgan fingerprint density at radius 1 is 1.14 bits per heavy atom. The molecule has 5 nitrogen and oxygen atoms in total. The highest BCUT2D eigenvalue weighted by molar-refractivity contribution is 7.98. The molecule has 1 unspecified atom stereocenters. The van der Waals surface area contributed by atoms with Crippen molar-refractivity contribution in [2.75, 3.05) is 12.8 Å². The Bertz CT molecular complexity index is 980. The van der Waals surface area contributed by atoms with Gasteiger partial charge in [-0.05, 0) is 47.6 Å². The average Bonchev–Trinajstić information content (AvgIpc) is 3.36. The van der Waals surface area contributed by atoms with Crippen molar-refractivity contribution in [1.82, 2.24) is 15.0 Å². The lowest BCUT2D eigenvalue weighted by atomic mass is 10.0. The molecule has 2 heterocycles. The molecule has 1 aliphatic heterocycles. The third-order valence-electron chi connectivity index (χ3n) is 5.37. The highest BCUT2D eigenvalue weighted by Gasteiger charge is 2.34. The maximum absolute atomic E-state index is 12.5. The first-order valence-corrected chi connectivity index (χ1v) is 11.1. The van der Waals surface area contributed by atoms with E-state index in [1.54, 1.807) is 11.8 Å². The Balaban J connectivity index is 1.43. The molecule has 1 amide bonds. The van der Waals surface area contributed by atoms with Gasteiger partial charge in [0.1, 0.15) is 0 Å². The number of hydrogen-bond acceptors (Lipinski definition) is 5. The van der Waals surface area contributed by atoms with Crippen LogP contribution >= 0.6 is 11.8 Å². The zero-order valence-electron chi connectivity index (χ0n) is 17.0.